The fraction of sp³-hybridized carbons (Fsp3) is 0.600. The van der Waals surface area contributed by atoms with Crippen LogP contribution in [0.2, 0.25) is 0 Å². The van der Waals surface area contributed by atoms with E-state index in [0.29, 0.717) is 30.6 Å². The number of nitrogens with zero attached hydrogens (tertiary/aromatic N) is 1. The van der Waals surface area contributed by atoms with Crippen LogP contribution in [0.15, 0.2) is 23.2 Å². The highest BCUT2D eigenvalue weighted by Gasteiger charge is 2.14. The number of carbonyl (C=O) groups is 1. The lowest BCUT2D eigenvalue weighted by molar-refractivity contribution is -0.123. The number of benzene rings is 1. The fourth-order valence-electron chi connectivity index (χ4n) is 3.15. The Hall–Kier alpha value is -1.71. The zero-order chi connectivity index (χ0) is 19.5. The lowest BCUT2D eigenvalue weighted by Crippen LogP contribution is -2.43. The summed E-state index contributed by atoms with van der Waals surface area (Å²) in [5.41, 5.74) is 1.05. The zero-order valence-corrected chi connectivity index (χ0v) is 19.4. The highest BCUT2D eigenvalue weighted by molar-refractivity contribution is 14.0. The normalized spacial score (nSPS) is 14.6. The number of likely N-dealkylation sites (N-methyl/N-ethyl adjacent to an activating group) is 1. The molecule has 0 atom stereocenters. The standard InChI is InChI=1S/C20H32N4O3.HI/c1-4-22-19(25)14-27-17-11-10-15(12-18(17)26-3)13-23-20(21-2)24-16-8-6-5-7-9-16;/h10-12,16H,4-9,13-14H2,1-3H3,(H,22,25)(H2,21,23,24);1H. The highest BCUT2D eigenvalue weighted by atomic mass is 127. The van der Waals surface area contributed by atoms with E-state index in [1.807, 2.05) is 25.1 Å². The van der Waals surface area contributed by atoms with Crippen molar-refractivity contribution < 1.29 is 14.3 Å². The van der Waals surface area contributed by atoms with Crippen molar-refractivity contribution >= 4 is 35.8 Å². The molecule has 1 amide bonds. The van der Waals surface area contributed by atoms with E-state index in [1.54, 1.807) is 14.2 Å². The van der Waals surface area contributed by atoms with Crippen LogP contribution in [-0.4, -0.2) is 45.2 Å². The molecule has 0 unspecified atom stereocenters. The average Bonchev–Trinajstić information content (AvgIpc) is 2.70. The molecule has 28 heavy (non-hydrogen) atoms. The molecule has 1 saturated carbocycles. The number of carbonyl (C=O) groups excluding carboxylic acids is 1. The summed E-state index contributed by atoms with van der Waals surface area (Å²) in [6, 6.07) is 6.20. The molecule has 0 heterocycles. The Kier molecular flexibility index (Phi) is 11.7. The summed E-state index contributed by atoms with van der Waals surface area (Å²) >= 11 is 0. The van der Waals surface area contributed by atoms with Crippen LogP contribution in [0.4, 0.5) is 0 Å². The summed E-state index contributed by atoms with van der Waals surface area (Å²) in [7, 11) is 3.38. The summed E-state index contributed by atoms with van der Waals surface area (Å²) in [4.78, 5) is 15.9. The molecule has 7 nitrogen and oxygen atoms in total. The van der Waals surface area contributed by atoms with Crippen LogP contribution in [0, 0.1) is 0 Å². The number of nitrogens with one attached hydrogen (secondary N) is 3. The number of halogens is 1. The molecule has 158 valence electrons. The minimum absolute atomic E-state index is 0. The largest absolute Gasteiger partial charge is 0.493 e. The van der Waals surface area contributed by atoms with Gasteiger partial charge in [0.15, 0.2) is 24.1 Å². The van der Waals surface area contributed by atoms with Gasteiger partial charge in [-0.1, -0.05) is 25.3 Å². The average molecular weight is 504 g/mol. The molecule has 3 N–H and O–H groups in total. The van der Waals surface area contributed by atoms with Crippen LogP contribution in [0.5, 0.6) is 11.5 Å². The Morgan fingerprint density at radius 2 is 1.93 bits per heavy atom. The van der Waals surface area contributed by atoms with E-state index < -0.39 is 0 Å². The summed E-state index contributed by atoms with van der Waals surface area (Å²) < 4.78 is 11.0. The molecule has 1 aromatic carbocycles. The summed E-state index contributed by atoms with van der Waals surface area (Å²) in [5.74, 6) is 1.83. The first-order chi connectivity index (χ1) is 13.2. The van der Waals surface area contributed by atoms with Crippen LogP contribution in [0.3, 0.4) is 0 Å². The van der Waals surface area contributed by atoms with Gasteiger partial charge in [0, 0.05) is 26.2 Å². The number of hydrogen-bond acceptors (Lipinski definition) is 4. The van der Waals surface area contributed by atoms with Crippen LogP contribution < -0.4 is 25.4 Å². The minimum atomic E-state index is -0.150. The Bertz CT molecular complexity index is 634. The van der Waals surface area contributed by atoms with Gasteiger partial charge in [-0.2, -0.15) is 0 Å². The van der Waals surface area contributed by atoms with Crippen molar-refractivity contribution in [2.24, 2.45) is 4.99 Å². The van der Waals surface area contributed by atoms with E-state index in [1.165, 1.54) is 32.1 Å². The van der Waals surface area contributed by atoms with Gasteiger partial charge in [-0.15, -0.1) is 24.0 Å². The molecule has 1 aliphatic rings. The summed E-state index contributed by atoms with van der Waals surface area (Å²) in [5, 5.41) is 9.55. The number of methoxy groups -OCH3 is 1. The molecule has 2 rings (SSSR count). The van der Waals surface area contributed by atoms with Crippen molar-refractivity contribution in [1.82, 2.24) is 16.0 Å². The van der Waals surface area contributed by atoms with Crippen molar-refractivity contribution in [2.45, 2.75) is 51.6 Å². The number of hydrogen-bond donors (Lipinski definition) is 3. The molecule has 0 aliphatic heterocycles. The third-order valence-electron chi connectivity index (χ3n) is 4.59. The van der Waals surface area contributed by atoms with Crippen molar-refractivity contribution in [3.05, 3.63) is 23.8 Å². The van der Waals surface area contributed by atoms with E-state index in [0.717, 1.165) is 11.5 Å². The number of rotatable bonds is 8. The van der Waals surface area contributed by atoms with E-state index in [2.05, 4.69) is 20.9 Å². The van der Waals surface area contributed by atoms with Gasteiger partial charge in [0.2, 0.25) is 0 Å². The molecular formula is C20H33IN4O3. The van der Waals surface area contributed by atoms with Crippen LogP contribution >= 0.6 is 24.0 Å². The van der Waals surface area contributed by atoms with Gasteiger partial charge >= 0.3 is 0 Å². The molecule has 0 spiro atoms. The molecule has 1 aliphatic carbocycles. The SMILES string of the molecule is CCNC(=O)COc1ccc(CNC(=NC)NC2CCCCC2)cc1OC.I. The predicted octanol–water partition coefficient (Wildman–Crippen LogP) is 2.83. The molecule has 0 radical (unpaired) electrons. The molecule has 0 saturated heterocycles. The summed E-state index contributed by atoms with van der Waals surface area (Å²) in [6.07, 6.45) is 6.30. The first-order valence-corrected chi connectivity index (χ1v) is 9.69. The molecule has 1 aromatic rings. The van der Waals surface area contributed by atoms with Crippen LogP contribution in [0.25, 0.3) is 0 Å². The van der Waals surface area contributed by atoms with Gasteiger partial charge in [0.05, 0.1) is 7.11 Å². The van der Waals surface area contributed by atoms with E-state index in [9.17, 15) is 4.79 Å². The second-order valence-corrected chi connectivity index (χ2v) is 6.63. The molecule has 0 bridgehead atoms. The number of amides is 1. The van der Waals surface area contributed by atoms with Crippen molar-refractivity contribution in [1.29, 1.82) is 0 Å². The molecule has 1 fully saturated rings. The zero-order valence-electron chi connectivity index (χ0n) is 17.0. The second kappa shape index (κ2) is 13.5. The maximum atomic E-state index is 11.5. The van der Waals surface area contributed by atoms with Crippen molar-refractivity contribution in [3.8, 4) is 11.5 Å². The van der Waals surface area contributed by atoms with Gasteiger partial charge < -0.3 is 25.4 Å². The van der Waals surface area contributed by atoms with Gasteiger partial charge in [-0.25, -0.2) is 0 Å². The quantitative estimate of drug-likeness (QED) is 0.288. The second-order valence-electron chi connectivity index (χ2n) is 6.63. The minimum Gasteiger partial charge on any atom is -0.493 e. The van der Waals surface area contributed by atoms with Crippen LogP contribution in [-0.2, 0) is 11.3 Å². The Morgan fingerprint density at radius 3 is 2.57 bits per heavy atom. The number of aliphatic imine (C=N–C) groups is 1. The third-order valence-corrected chi connectivity index (χ3v) is 4.59. The van der Waals surface area contributed by atoms with Crippen molar-refractivity contribution in [2.75, 3.05) is 27.3 Å². The maximum absolute atomic E-state index is 11.5. The summed E-state index contributed by atoms with van der Waals surface area (Å²) in [6.45, 7) is 3.05. The molecule has 0 aromatic heterocycles. The predicted molar refractivity (Wildman–Crippen MR) is 123 cm³/mol. The number of guanidine groups is 1. The van der Waals surface area contributed by atoms with E-state index in [4.69, 9.17) is 9.47 Å². The molecular weight excluding hydrogens is 471 g/mol. The van der Waals surface area contributed by atoms with Gasteiger partial charge in [0.1, 0.15) is 0 Å². The topological polar surface area (TPSA) is 84.0 Å². The fourth-order valence-corrected chi connectivity index (χ4v) is 3.15. The van der Waals surface area contributed by atoms with E-state index >= 15 is 0 Å². The number of ether oxygens (including phenoxy) is 2. The van der Waals surface area contributed by atoms with E-state index in [-0.39, 0.29) is 36.5 Å². The van der Waals surface area contributed by atoms with Gasteiger partial charge in [0.25, 0.3) is 5.91 Å². The smallest absolute Gasteiger partial charge is 0.257 e. The highest BCUT2D eigenvalue weighted by Crippen LogP contribution is 2.28. The van der Waals surface area contributed by atoms with Crippen molar-refractivity contribution in [3.63, 3.8) is 0 Å². The molecule has 8 heteroatoms. The van der Waals surface area contributed by atoms with Gasteiger partial charge in [-0.3, -0.25) is 9.79 Å². The lowest BCUT2D eigenvalue weighted by atomic mass is 9.96. The Morgan fingerprint density at radius 1 is 1.18 bits per heavy atom. The monoisotopic (exact) mass is 504 g/mol. The first kappa shape index (κ1) is 24.3. The van der Waals surface area contributed by atoms with Crippen LogP contribution in [0.1, 0.15) is 44.6 Å². The Balaban J connectivity index is 0.00000392. The Labute approximate surface area is 185 Å². The third kappa shape index (κ3) is 8.12. The first-order valence-electron chi connectivity index (χ1n) is 9.69. The maximum Gasteiger partial charge on any atom is 0.257 e. The van der Waals surface area contributed by atoms with Gasteiger partial charge in [-0.05, 0) is 37.5 Å². The lowest BCUT2D eigenvalue weighted by Gasteiger charge is -2.25.